The van der Waals surface area contributed by atoms with Crippen LogP contribution in [-0.4, -0.2) is 50.9 Å². The Hall–Kier alpha value is -3.06. The molecule has 0 bridgehead atoms. The number of rotatable bonds is 10. The van der Waals surface area contributed by atoms with E-state index in [-0.39, 0.29) is 0 Å². The van der Waals surface area contributed by atoms with Crippen LogP contribution in [-0.2, 0) is 6.54 Å². The molecule has 0 atom stereocenters. The first kappa shape index (κ1) is 25.0. The summed E-state index contributed by atoms with van der Waals surface area (Å²) in [6.45, 7) is 3.85. The van der Waals surface area contributed by atoms with E-state index in [4.69, 9.17) is 19.4 Å². The standard InChI is InChI=1S/C28H39N5O2/c1-19-25(34-4)15-12-21(26(19)35-5)18-29-17-16-20-10-13-22(14-11-20)30-28-31-24-9-7-6-8-23(24)27(32-28)33(2)3/h6-9,12,15,20,22,29H,10-11,13-14,16-18H2,1-5H3,(H,30,31,32). The van der Waals surface area contributed by atoms with Crippen LogP contribution in [0.5, 0.6) is 11.5 Å². The van der Waals surface area contributed by atoms with E-state index in [2.05, 4.69) is 33.7 Å². The zero-order valence-corrected chi connectivity index (χ0v) is 21.7. The molecule has 4 rings (SSSR count). The predicted octanol–water partition coefficient (Wildman–Crippen LogP) is 5.17. The summed E-state index contributed by atoms with van der Waals surface area (Å²) in [6, 6.07) is 12.7. The van der Waals surface area contributed by atoms with E-state index >= 15 is 0 Å². The van der Waals surface area contributed by atoms with Crippen molar-refractivity contribution in [1.29, 1.82) is 0 Å². The molecule has 1 aromatic heterocycles. The summed E-state index contributed by atoms with van der Waals surface area (Å²) >= 11 is 0. The SMILES string of the molecule is COc1ccc(CNCCC2CCC(Nc3nc(N(C)C)c4ccccc4n3)CC2)c(OC)c1C. The van der Waals surface area contributed by atoms with Crippen molar-refractivity contribution in [3.05, 3.63) is 47.5 Å². The lowest BCUT2D eigenvalue weighted by molar-refractivity contribution is 0.316. The fourth-order valence-corrected chi connectivity index (χ4v) is 5.15. The van der Waals surface area contributed by atoms with Crippen LogP contribution in [0.1, 0.15) is 43.2 Å². The number of hydrogen-bond donors (Lipinski definition) is 2. The van der Waals surface area contributed by atoms with Crippen LogP contribution in [0.15, 0.2) is 36.4 Å². The second-order valence-electron chi connectivity index (χ2n) is 9.70. The number of aromatic nitrogens is 2. The number of benzene rings is 2. The first-order valence-electron chi connectivity index (χ1n) is 12.6. The molecule has 7 heteroatoms. The molecule has 1 aliphatic carbocycles. The maximum Gasteiger partial charge on any atom is 0.225 e. The van der Waals surface area contributed by atoms with E-state index in [0.717, 1.165) is 71.6 Å². The molecule has 1 saturated carbocycles. The minimum Gasteiger partial charge on any atom is -0.496 e. The van der Waals surface area contributed by atoms with Crippen molar-refractivity contribution in [2.75, 3.05) is 45.1 Å². The average molecular weight is 478 g/mol. The molecular weight excluding hydrogens is 438 g/mol. The summed E-state index contributed by atoms with van der Waals surface area (Å²) in [7, 11) is 7.48. The highest BCUT2D eigenvalue weighted by molar-refractivity contribution is 5.90. The molecule has 2 N–H and O–H groups in total. The molecule has 188 valence electrons. The van der Waals surface area contributed by atoms with Crippen molar-refractivity contribution in [3.8, 4) is 11.5 Å². The van der Waals surface area contributed by atoms with Crippen molar-refractivity contribution < 1.29 is 9.47 Å². The summed E-state index contributed by atoms with van der Waals surface area (Å²) in [4.78, 5) is 11.6. The highest BCUT2D eigenvalue weighted by Gasteiger charge is 2.22. The lowest BCUT2D eigenvalue weighted by Gasteiger charge is -2.29. The van der Waals surface area contributed by atoms with E-state index < -0.39 is 0 Å². The molecule has 1 heterocycles. The lowest BCUT2D eigenvalue weighted by atomic mass is 9.84. The average Bonchev–Trinajstić information content (AvgIpc) is 2.87. The van der Waals surface area contributed by atoms with Gasteiger partial charge >= 0.3 is 0 Å². The quantitative estimate of drug-likeness (QED) is 0.390. The van der Waals surface area contributed by atoms with Crippen LogP contribution in [0, 0.1) is 12.8 Å². The zero-order valence-electron chi connectivity index (χ0n) is 21.7. The number of hydrogen-bond acceptors (Lipinski definition) is 7. The summed E-state index contributed by atoms with van der Waals surface area (Å²) in [5, 5.41) is 8.31. The molecule has 0 amide bonds. The van der Waals surface area contributed by atoms with Gasteiger partial charge in [-0.1, -0.05) is 18.2 Å². The normalized spacial score (nSPS) is 17.9. The van der Waals surface area contributed by atoms with E-state index in [9.17, 15) is 0 Å². The van der Waals surface area contributed by atoms with Crippen molar-refractivity contribution >= 4 is 22.7 Å². The van der Waals surface area contributed by atoms with Crippen molar-refractivity contribution in [2.45, 2.75) is 51.6 Å². The molecule has 2 aromatic carbocycles. The van der Waals surface area contributed by atoms with Gasteiger partial charge in [-0.05, 0) is 69.7 Å². The van der Waals surface area contributed by atoms with E-state index in [0.29, 0.717) is 6.04 Å². The van der Waals surface area contributed by atoms with Crippen LogP contribution in [0.3, 0.4) is 0 Å². The Bertz CT molecular complexity index is 1130. The van der Waals surface area contributed by atoms with Gasteiger partial charge in [0.1, 0.15) is 17.3 Å². The van der Waals surface area contributed by atoms with Crippen LogP contribution < -0.4 is 25.0 Å². The number of methoxy groups -OCH3 is 2. The van der Waals surface area contributed by atoms with E-state index in [1.165, 1.54) is 24.8 Å². The largest absolute Gasteiger partial charge is 0.496 e. The van der Waals surface area contributed by atoms with Crippen molar-refractivity contribution in [2.24, 2.45) is 5.92 Å². The first-order chi connectivity index (χ1) is 17.0. The molecular formula is C28H39N5O2. The molecule has 0 aliphatic heterocycles. The molecule has 0 radical (unpaired) electrons. The third-order valence-corrected chi connectivity index (χ3v) is 7.09. The molecule has 1 aliphatic rings. The van der Waals surface area contributed by atoms with Gasteiger partial charge in [0.25, 0.3) is 0 Å². The molecule has 0 unspecified atom stereocenters. The summed E-state index contributed by atoms with van der Waals surface area (Å²) in [6.07, 6.45) is 5.98. The summed E-state index contributed by atoms with van der Waals surface area (Å²) in [5.74, 6) is 4.23. The summed E-state index contributed by atoms with van der Waals surface area (Å²) in [5.41, 5.74) is 3.21. The van der Waals surface area contributed by atoms with Crippen LogP contribution in [0.4, 0.5) is 11.8 Å². The Labute approximate surface area is 209 Å². The van der Waals surface area contributed by atoms with Gasteiger partial charge < -0.3 is 25.0 Å². The number of nitrogens with one attached hydrogen (secondary N) is 2. The third-order valence-electron chi connectivity index (χ3n) is 7.09. The number of anilines is 2. The molecule has 35 heavy (non-hydrogen) atoms. The van der Waals surface area contributed by atoms with Crippen LogP contribution in [0.25, 0.3) is 10.9 Å². The predicted molar refractivity (Wildman–Crippen MR) is 144 cm³/mol. The van der Waals surface area contributed by atoms with Gasteiger partial charge in [0.2, 0.25) is 5.95 Å². The molecule has 3 aromatic rings. The fourth-order valence-electron chi connectivity index (χ4n) is 5.15. The van der Waals surface area contributed by atoms with Crippen molar-refractivity contribution in [3.63, 3.8) is 0 Å². The molecule has 0 saturated heterocycles. The van der Waals surface area contributed by atoms with E-state index in [1.54, 1.807) is 14.2 Å². The van der Waals surface area contributed by atoms with Crippen LogP contribution in [0.2, 0.25) is 0 Å². The molecule has 0 spiro atoms. The Morgan fingerprint density at radius 2 is 1.74 bits per heavy atom. The fraction of sp³-hybridized carbons (Fsp3) is 0.500. The van der Waals surface area contributed by atoms with Gasteiger partial charge in [-0.25, -0.2) is 4.98 Å². The Balaban J connectivity index is 1.25. The zero-order chi connectivity index (χ0) is 24.8. The topological polar surface area (TPSA) is 71.5 Å². The maximum atomic E-state index is 5.63. The number of nitrogens with zero attached hydrogens (tertiary/aromatic N) is 3. The molecule has 1 fully saturated rings. The third kappa shape index (κ3) is 5.96. The lowest BCUT2D eigenvalue weighted by Crippen LogP contribution is -2.28. The highest BCUT2D eigenvalue weighted by atomic mass is 16.5. The monoisotopic (exact) mass is 477 g/mol. The van der Waals surface area contributed by atoms with Gasteiger partial charge in [-0.2, -0.15) is 4.98 Å². The smallest absolute Gasteiger partial charge is 0.225 e. The maximum absolute atomic E-state index is 5.63. The minimum atomic E-state index is 0.432. The van der Waals surface area contributed by atoms with Gasteiger partial charge in [0.05, 0.1) is 19.7 Å². The second kappa shape index (κ2) is 11.6. The number of ether oxygens (including phenoxy) is 2. The Morgan fingerprint density at radius 1 is 0.971 bits per heavy atom. The first-order valence-corrected chi connectivity index (χ1v) is 12.6. The number of fused-ring (bicyclic) bond motifs is 1. The Kier molecular flexibility index (Phi) is 8.29. The highest BCUT2D eigenvalue weighted by Crippen LogP contribution is 2.32. The Morgan fingerprint density at radius 3 is 2.46 bits per heavy atom. The van der Waals surface area contributed by atoms with E-state index in [1.807, 2.05) is 39.2 Å². The second-order valence-corrected chi connectivity index (χ2v) is 9.70. The van der Waals surface area contributed by atoms with Gasteiger partial charge in [-0.3, -0.25) is 0 Å². The molecule has 7 nitrogen and oxygen atoms in total. The van der Waals surface area contributed by atoms with Crippen LogP contribution >= 0.6 is 0 Å². The van der Waals surface area contributed by atoms with Crippen molar-refractivity contribution in [1.82, 2.24) is 15.3 Å². The number of para-hydroxylation sites is 1. The minimum absolute atomic E-state index is 0.432. The van der Waals surface area contributed by atoms with Gasteiger partial charge in [0, 0.05) is 43.2 Å². The summed E-state index contributed by atoms with van der Waals surface area (Å²) < 4.78 is 11.0. The van der Waals surface area contributed by atoms with Gasteiger partial charge in [0.15, 0.2) is 0 Å². The van der Waals surface area contributed by atoms with Gasteiger partial charge in [-0.15, -0.1) is 0 Å².